The van der Waals surface area contributed by atoms with Crippen molar-refractivity contribution in [3.05, 3.63) is 48.3 Å². The summed E-state index contributed by atoms with van der Waals surface area (Å²) in [6.45, 7) is 0. The summed E-state index contributed by atoms with van der Waals surface area (Å²) in [6.07, 6.45) is -2.06. The first-order valence-corrected chi connectivity index (χ1v) is 5.20. The summed E-state index contributed by atoms with van der Waals surface area (Å²) in [5.74, 6) is -0.327. The molecule has 19 heavy (non-hydrogen) atoms. The average Bonchev–Trinajstić information content (AvgIpc) is 2.37. The minimum Gasteiger partial charge on any atom is -0.405 e. The minimum absolute atomic E-state index is 0.226. The minimum atomic E-state index is -4.77. The van der Waals surface area contributed by atoms with E-state index in [0.29, 0.717) is 5.56 Å². The van der Waals surface area contributed by atoms with Crippen LogP contribution in [0.4, 0.5) is 13.2 Å². The number of halogens is 3. The van der Waals surface area contributed by atoms with Crippen LogP contribution in [-0.4, -0.2) is 11.3 Å². The molecular weight excluding hydrogens is 257 g/mol. The van der Waals surface area contributed by atoms with E-state index in [9.17, 15) is 13.2 Å². The Morgan fingerprint density at radius 3 is 2.58 bits per heavy atom. The summed E-state index contributed by atoms with van der Waals surface area (Å²) in [6, 6.07) is 9.03. The first-order valence-electron chi connectivity index (χ1n) is 5.20. The number of hydrogen-bond acceptors (Lipinski definition) is 3. The Hall–Kier alpha value is -2.55. The van der Waals surface area contributed by atoms with E-state index in [4.69, 9.17) is 5.26 Å². The number of ether oxygens (including phenoxy) is 1. The van der Waals surface area contributed by atoms with Gasteiger partial charge >= 0.3 is 6.36 Å². The van der Waals surface area contributed by atoms with Gasteiger partial charge in [-0.1, -0.05) is 18.2 Å². The second kappa shape index (κ2) is 4.98. The van der Waals surface area contributed by atoms with Crippen LogP contribution in [0, 0.1) is 11.3 Å². The predicted octanol–water partition coefficient (Wildman–Crippen LogP) is 3.52. The number of para-hydroxylation sites is 1. The van der Waals surface area contributed by atoms with Gasteiger partial charge in [-0.15, -0.1) is 13.2 Å². The quantitative estimate of drug-likeness (QED) is 0.833. The van der Waals surface area contributed by atoms with Gasteiger partial charge in [-0.3, -0.25) is 4.98 Å². The van der Waals surface area contributed by atoms with Crippen molar-refractivity contribution in [2.75, 3.05) is 0 Å². The summed E-state index contributed by atoms with van der Waals surface area (Å²) >= 11 is 0. The van der Waals surface area contributed by atoms with Gasteiger partial charge in [0.1, 0.15) is 11.8 Å². The molecular formula is C13H7F3N2O. The normalized spacial score (nSPS) is 10.8. The highest BCUT2D eigenvalue weighted by molar-refractivity contribution is 5.70. The molecule has 0 saturated heterocycles. The molecule has 0 radical (unpaired) electrons. The van der Waals surface area contributed by atoms with Gasteiger partial charge in [-0.05, 0) is 12.1 Å². The fourth-order valence-electron chi connectivity index (χ4n) is 1.57. The van der Waals surface area contributed by atoms with E-state index >= 15 is 0 Å². The summed E-state index contributed by atoms with van der Waals surface area (Å²) in [5.41, 5.74) is 0.877. The van der Waals surface area contributed by atoms with Gasteiger partial charge in [0.15, 0.2) is 0 Å². The summed E-state index contributed by atoms with van der Waals surface area (Å²) in [4.78, 5) is 3.81. The van der Waals surface area contributed by atoms with Crippen molar-refractivity contribution in [3.63, 3.8) is 0 Å². The molecule has 0 bridgehead atoms. The van der Waals surface area contributed by atoms with Crippen LogP contribution in [0.1, 0.15) is 5.56 Å². The molecule has 0 atom stereocenters. The third kappa shape index (κ3) is 3.22. The first kappa shape index (κ1) is 12.9. The monoisotopic (exact) mass is 264 g/mol. The summed E-state index contributed by atoms with van der Waals surface area (Å²) < 4.78 is 40.8. The second-order valence-corrected chi connectivity index (χ2v) is 3.62. The maximum atomic E-state index is 12.3. The standard InChI is InChI=1S/C13H7F3N2O/c14-13(15,16)19-12-4-2-1-3-11(12)10-5-9(6-17)7-18-8-10/h1-5,7-8H. The number of pyridine rings is 1. The molecule has 0 aliphatic heterocycles. The Morgan fingerprint density at radius 2 is 1.89 bits per heavy atom. The lowest BCUT2D eigenvalue weighted by atomic mass is 10.1. The zero-order valence-electron chi connectivity index (χ0n) is 9.48. The maximum absolute atomic E-state index is 12.3. The number of nitrogens with zero attached hydrogens (tertiary/aromatic N) is 2. The second-order valence-electron chi connectivity index (χ2n) is 3.62. The van der Waals surface area contributed by atoms with E-state index in [1.165, 1.54) is 36.7 Å². The molecule has 6 heteroatoms. The molecule has 3 nitrogen and oxygen atoms in total. The van der Waals surface area contributed by atoms with Crippen molar-refractivity contribution in [2.45, 2.75) is 6.36 Å². The smallest absolute Gasteiger partial charge is 0.405 e. The fraction of sp³-hybridized carbons (Fsp3) is 0.0769. The van der Waals surface area contributed by atoms with Crippen molar-refractivity contribution >= 4 is 0 Å². The molecule has 2 rings (SSSR count). The van der Waals surface area contributed by atoms with Gasteiger partial charge in [0.25, 0.3) is 0 Å². The van der Waals surface area contributed by atoms with Gasteiger partial charge in [-0.2, -0.15) is 5.26 Å². The highest BCUT2D eigenvalue weighted by Crippen LogP contribution is 2.33. The Balaban J connectivity index is 2.47. The summed E-state index contributed by atoms with van der Waals surface area (Å²) in [7, 11) is 0. The van der Waals surface area contributed by atoms with E-state index in [2.05, 4.69) is 9.72 Å². The number of rotatable bonds is 2. The fourth-order valence-corrected chi connectivity index (χ4v) is 1.57. The zero-order valence-corrected chi connectivity index (χ0v) is 9.48. The maximum Gasteiger partial charge on any atom is 0.573 e. The number of aromatic nitrogens is 1. The van der Waals surface area contributed by atoms with Crippen LogP contribution in [0.3, 0.4) is 0 Å². The molecule has 0 fully saturated rings. The average molecular weight is 264 g/mol. The molecule has 0 spiro atoms. The van der Waals surface area contributed by atoms with Crippen molar-refractivity contribution in [3.8, 4) is 22.9 Å². The Bertz CT molecular complexity index is 632. The Kier molecular flexibility index (Phi) is 3.38. The molecule has 96 valence electrons. The van der Waals surface area contributed by atoms with Gasteiger partial charge < -0.3 is 4.74 Å². The van der Waals surface area contributed by atoms with Crippen LogP contribution < -0.4 is 4.74 Å². The number of nitriles is 1. The van der Waals surface area contributed by atoms with Crippen molar-refractivity contribution in [1.29, 1.82) is 5.26 Å². The molecule has 1 heterocycles. The predicted molar refractivity (Wildman–Crippen MR) is 61.1 cm³/mol. The third-order valence-corrected chi connectivity index (χ3v) is 2.29. The van der Waals surface area contributed by atoms with Gasteiger partial charge in [0.05, 0.1) is 5.56 Å². The van der Waals surface area contributed by atoms with E-state index in [-0.39, 0.29) is 16.9 Å². The largest absolute Gasteiger partial charge is 0.573 e. The number of hydrogen-bond donors (Lipinski definition) is 0. The first-order chi connectivity index (χ1) is 8.99. The Morgan fingerprint density at radius 1 is 1.16 bits per heavy atom. The van der Waals surface area contributed by atoms with E-state index in [1.807, 2.05) is 6.07 Å². The van der Waals surface area contributed by atoms with Crippen LogP contribution >= 0.6 is 0 Å². The van der Waals surface area contributed by atoms with E-state index < -0.39 is 6.36 Å². The lowest BCUT2D eigenvalue weighted by molar-refractivity contribution is -0.274. The van der Waals surface area contributed by atoms with Crippen LogP contribution in [0.25, 0.3) is 11.1 Å². The molecule has 0 aliphatic carbocycles. The van der Waals surface area contributed by atoms with Crippen LogP contribution in [0.15, 0.2) is 42.7 Å². The van der Waals surface area contributed by atoms with Crippen molar-refractivity contribution < 1.29 is 17.9 Å². The molecule has 1 aromatic carbocycles. The number of alkyl halides is 3. The van der Waals surface area contributed by atoms with Gasteiger partial charge in [0, 0.05) is 23.5 Å². The molecule has 0 saturated carbocycles. The Labute approximate surface area is 106 Å². The highest BCUT2D eigenvalue weighted by atomic mass is 19.4. The van der Waals surface area contributed by atoms with Gasteiger partial charge in [-0.25, -0.2) is 0 Å². The summed E-state index contributed by atoms with van der Waals surface area (Å²) in [5, 5.41) is 8.76. The lowest BCUT2D eigenvalue weighted by Gasteiger charge is -2.13. The van der Waals surface area contributed by atoms with E-state index in [1.54, 1.807) is 6.07 Å². The molecule has 1 aromatic heterocycles. The van der Waals surface area contributed by atoms with Gasteiger partial charge in [0.2, 0.25) is 0 Å². The van der Waals surface area contributed by atoms with Crippen molar-refractivity contribution in [2.24, 2.45) is 0 Å². The highest BCUT2D eigenvalue weighted by Gasteiger charge is 2.32. The lowest BCUT2D eigenvalue weighted by Crippen LogP contribution is -2.17. The topological polar surface area (TPSA) is 45.9 Å². The van der Waals surface area contributed by atoms with Crippen LogP contribution in [0.2, 0.25) is 0 Å². The molecule has 0 unspecified atom stereocenters. The zero-order chi connectivity index (χ0) is 13.9. The third-order valence-electron chi connectivity index (χ3n) is 2.29. The van der Waals surface area contributed by atoms with E-state index in [0.717, 1.165) is 0 Å². The van der Waals surface area contributed by atoms with Crippen molar-refractivity contribution in [1.82, 2.24) is 4.98 Å². The molecule has 0 N–H and O–H groups in total. The van der Waals surface area contributed by atoms with Crippen LogP contribution in [-0.2, 0) is 0 Å². The van der Waals surface area contributed by atoms with Crippen LogP contribution in [0.5, 0.6) is 5.75 Å². The molecule has 0 amide bonds. The SMILES string of the molecule is N#Cc1cncc(-c2ccccc2OC(F)(F)F)c1. The molecule has 0 aliphatic rings. The number of benzene rings is 1. The molecule has 2 aromatic rings.